The number of ether oxygens (including phenoxy) is 2. The maximum atomic E-state index is 11.4. The Bertz CT molecular complexity index is 1670. The van der Waals surface area contributed by atoms with Crippen LogP contribution in [-0.4, -0.2) is 28.6 Å². The summed E-state index contributed by atoms with van der Waals surface area (Å²) in [6.45, 7) is 4.41. The van der Waals surface area contributed by atoms with Crippen LogP contribution >= 0.6 is 0 Å². The second-order valence-electron chi connectivity index (χ2n) is 12.2. The first-order chi connectivity index (χ1) is 23.0. The minimum atomic E-state index is -0.535. The van der Waals surface area contributed by atoms with Crippen molar-refractivity contribution in [2.24, 2.45) is 0 Å². The fourth-order valence-corrected chi connectivity index (χ4v) is 6.11. The number of hydrogen-bond acceptors (Lipinski definition) is 5. The third-order valence-electron chi connectivity index (χ3n) is 8.56. The molecule has 6 nitrogen and oxygen atoms in total. The second kappa shape index (κ2) is 15.8. The summed E-state index contributed by atoms with van der Waals surface area (Å²) in [4.78, 5) is 13.9. The number of nitrogens with zero attached hydrogens (tertiary/aromatic N) is 1. The lowest BCUT2D eigenvalue weighted by Gasteiger charge is -2.38. The zero-order chi connectivity index (χ0) is 32.4. The predicted octanol–water partition coefficient (Wildman–Crippen LogP) is 7.73. The van der Waals surface area contributed by atoms with E-state index in [1.54, 1.807) is 0 Å². The molecule has 0 aliphatic carbocycles. The summed E-state index contributed by atoms with van der Waals surface area (Å²) in [6.07, 6.45) is -0.0544. The smallest absolute Gasteiger partial charge is 0.217 e. The fourth-order valence-electron chi connectivity index (χ4n) is 6.11. The lowest BCUT2D eigenvalue weighted by atomic mass is 9.98. The van der Waals surface area contributed by atoms with E-state index in [0.717, 1.165) is 53.0 Å². The van der Waals surface area contributed by atoms with Crippen molar-refractivity contribution < 1.29 is 19.4 Å². The van der Waals surface area contributed by atoms with Crippen LogP contribution in [0.25, 0.3) is 11.1 Å². The van der Waals surface area contributed by atoms with Gasteiger partial charge in [0, 0.05) is 45.1 Å². The molecule has 6 heteroatoms. The first kappa shape index (κ1) is 32.4. The average molecular weight is 627 g/mol. The van der Waals surface area contributed by atoms with Gasteiger partial charge in [0.25, 0.3) is 0 Å². The van der Waals surface area contributed by atoms with Gasteiger partial charge in [0.05, 0.1) is 18.8 Å². The Hall–Kier alpha value is -4.59. The molecule has 1 heterocycles. The summed E-state index contributed by atoms with van der Waals surface area (Å²) in [6, 6.07) is 45.8. The van der Waals surface area contributed by atoms with Gasteiger partial charge in [-0.05, 0) is 45.0 Å². The Labute approximate surface area is 277 Å². The van der Waals surface area contributed by atoms with E-state index in [1.165, 1.54) is 18.1 Å². The van der Waals surface area contributed by atoms with Gasteiger partial charge >= 0.3 is 0 Å². The van der Waals surface area contributed by atoms with Crippen molar-refractivity contribution in [1.82, 2.24) is 10.2 Å². The van der Waals surface area contributed by atoms with Gasteiger partial charge in [0.1, 0.15) is 0 Å². The zero-order valence-corrected chi connectivity index (χ0v) is 26.8. The molecule has 5 aromatic carbocycles. The lowest BCUT2D eigenvalue weighted by Crippen LogP contribution is -2.39. The highest BCUT2D eigenvalue weighted by Gasteiger charge is 2.33. The Morgan fingerprint density at radius 3 is 1.94 bits per heavy atom. The molecule has 3 atom stereocenters. The van der Waals surface area contributed by atoms with Crippen LogP contribution in [0, 0.1) is 0 Å². The first-order valence-corrected chi connectivity index (χ1v) is 16.3. The second-order valence-corrected chi connectivity index (χ2v) is 12.2. The van der Waals surface area contributed by atoms with Crippen molar-refractivity contribution in [2.75, 3.05) is 6.54 Å². The average Bonchev–Trinajstić information content (AvgIpc) is 3.12. The molecule has 0 aromatic heterocycles. The van der Waals surface area contributed by atoms with E-state index in [2.05, 4.69) is 119 Å². The number of hydrogen-bond donors (Lipinski definition) is 2. The largest absolute Gasteiger partial charge is 0.392 e. The third-order valence-corrected chi connectivity index (χ3v) is 8.56. The van der Waals surface area contributed by atoms with Crippen molar-refractivity contribution in [1.29, 1.82) is 0 Å². The maximum Gasteiger partial charge on any atom is 0.217 e. The van der Waals surface area contributed by atoms with E-state index in [0.29, 0.717) is 13.0 Å². The Morgan fingerprint density at radius 1 is 0.702 bits per heavy atom. The SMILES string of the molecule is CC(=O)NCc1cccc(-c2ccc([C@H]3O[C@@H](CN(Cc4ccccc4)Cc4ccccc4)C[C@@H](c4ccc(CO)cc4)O3)cc2)c1. The molecule has 1 saturated heterocycles. The van der Waals surface area contributed by atoms with Crippen molar-refractivity contribution >= 4 is 5.91 Å². The molecule has 5 aromatic rings. The summed E-state index contributed by atoms with van der Waals surface area (Å²) in [7, 11) is 0. The summed E-state index contributed by atoms with van der Waals surface area (Å²) < 4.78 is 13.4. The van der Waals surface area contributed by atoms with Crippen LogP contribution in [0.5, 0.6) is 0 Å². The molecule has 0 bridgehead atoms. The first-order valence-electron chi connectivity index (χ1n) is 16.3. The summed E-state index contributed by atoms with van der Waals surface area (Å²) in [5.74, 6) is -0.0450. The van der Waals surface area contributed by atoms with E-state index >= 15 is 0 Å². The van der Waals surface area contributed by atoms with Crippen molar-refractivity contribution in [2.45, 2.75) is 58.1 Å². The molecule has 6 rings (SSSR count). The van der Waals surface area contributed by atoms with E-state index in [-0.39, 0.29) is 24.7 Å². The molecule has 1 amide bonds. The quantitative estimate of drug-likeness (QED) is 0.148. The monoisotopic (exact) mass is 626 g/mol. The summed E-state index contributed by atoms with van der Waals surface area (Å²) >= 11 is 0. The number of carbonyl (C=O) groups is 1. The maximum absolute atomic E-state index is 11.4. The molecule has 240 valence electrons. The fraction of sp³-hybridized carbons (Fsp3) is 0.244. The van der Waals surface area contributed by atoms with E-state index in [9.17, 15) is 9.90 Å². The molecule has 0 unspecified atom stereocenters. The Morgan fingerprint density at radius 2 is 1.32 bits per heavy atom. The Balaban J connectivity index is 1.24. The van der Waals surface area contributed by atoms with Crippen LogP contribution in [0.4, 0.5) is 0 Å². The zero-order valence-electron chi connectivity index (χ0n) is 26.8. The molecular formula is C41H42N2O4. The number of rotatable bonds is 12. The van der Waals surface area contributed by atoms with Gasteiger partial charge in [-0.1, -0.05) is 127 Å². The van der Waals surface area contributed by atoms with Crippen LogP contribution in [0.1, 0.15) is 59.1 Å². The number of carbonyl (C=O) groups excluding carboxylic acids is 1. The number of benzene rings is 5. The third kappa shape index (κ3) is 9.03. The number of aliphatic hydroxyl groups is 1. The normalized spacial score (nSPS) is 17.8. The predicted molar refractivity (Wildman–Crippen MR) is 185 cm³/mol. The summed E-state index contributed by atoms with van der Waals surface area (Å²) in [5.41, 5.74) is 8.66. The van der Waals surface area contributed by atoms with E-state index in [1.807, 2.05) is 24.3 Å². The standard InChI is InChI=1S/C41H42N2O4/c1-30(45)42-25-34-13-8-14-38(23-34)35-19-21-37(22-20-35)41-46-39(24-40(47-41)36-17-15-33(29-44)16-18-36)28-43(26-31-9-4-2-5-10-31)27-32-11-6-3-7-12-32/h2-23,39-41,44H,24-29H2,1H3,(H,42,45)/t39-,40+,41+/m1/s1. The van der Waals surface area contributed by atoms with Crippen molar-refractivity contribution in [3.63, 3.8) is 0 Å². The van der Waals surface area contributed by atoms with Crippen LogP contribution in [0.3, 0.4) is 0 Å². The van der Waals surface area contributed by atoms with Crippen LogP contribution < -0.4 is 5.32 Å². The van der Waals surface area contributed by atoms with Gasteiger partial charge in [0.15, 0.2) is 6.29 Å². The van der Waals surface area contributed by atoms with Crippen molar-refractivity contribution in [3.05, 3.63) is 167 Å². The lowest BCUT2D eigenvalue weighted by molar-refractivity contribution is -0.253. The molecule has 1 aliphatic rings. The van der Waals surface area contributed by atoms with Gasteiger partial charge in [-0.3, -0.25) is 9.69 Å². The van der Waals surface area contributed by atoms with Gasteiger partial charge in [-0.15, -0.1) is 0 Å². The number of amides is 1. The highest BCUT2D eigenvalue weighted by Crippen LogP contribution is 2.39. The van der Waals surface area contributed by atoms with Gasteiger partial charge < -0.3 is 19.9 Å². The Kier molecular flexibility index (Phi) is 10.9. The number of nitrogens with one attached hydrogen (secondary N) is 1. The van der Waals surface area contributed by atoms with Gasteiger partial charge in [-0.25, -0.2) is 0 Å². The highest BCUT2D eigenvalue weighted by atomic mass is 16.7. The molecule has 1 fully saturated rings. The molecule has 1 aliphatic heterocycles. The van der Waals surface area contributed by atoms with E-state index in [4.69, 9.17) is 9.47 Å². The minimum Gasteiger partial charge on any atom is -0.392 e. The molecular weight excluding hydrogens is 584 g/mol. The van der Waals surface area contributed by atoms with Crippen molar-refractivity contribution in [3.8, 4) is 11.1 Å². The van der Waals surface area contributed by atoms with Crippen LogP contribution in [0.15, 0.2) is 133 Å². The van der Waals surface area contributed by atoms with Gasteiger partial charge in [0.2, 0.25) is 5.91 Å². The molecule has 0 saturated carbocycles. The van der Waals surface area contributed by atoms with Gasteiger partial charge in [-0.2, -0.15) is 0 Å². The molecule has 0 spiro atoms. The highest BCUT2D eigenvalue weighted by molar-refractivity contribution is 5.73. The topological polar surface area (TPSA) is 71.0 Å². The van der Waals surface area contributed by atoms with Crippen LogP contribution in [0.2, 0.25) is 0 Å². The summed E-state index contributed by atoms with van der Waals surface area (Å²) in [5, 5.41) is 12.5. The molecule has 47 heavy (non-hydrogen) atoms. The van der Waals surface area contributed by atoms with E-state index < -0.39 is 6.29 Å². The molecule has 0 radical (unpaired) electrons. The van der Waals surface area contributed by atoms with Crippen LogP contribution in [-0.2, 0) is 40.5 Å². The molecule has 2 N–H and O–H groups in total. The minimum absolute atomic E-state index is 0.0105. The number of aliphatic hydroxyl groups excluding tert-OH is 1.